The van der Waals surface area contributed by atoms with Gasteiger partial charge >= 0.3 is 0 Å². The van der Waals surface area contributed by atoms with Crippen LogP contribution in [0.15, 0.2) is 4.99 Å². The molecule has 0 aromatic heterocycles. The second-order valence-electron chi connectivity index (χ2n) is 7.15. The molecule has 7 nitrogen and oxygen atoms in total. The van der Waals surface area contributed by atoms with Gasteiger partial charge in [0.25, 0.3) is 0 Å². The minimum absolute atomic E-state index is 0.156. The molecule has 1 heterocycles. The molecule has 0 saturated heterocycles. The Bertz CT molecular complexity index is 720. The van der Waals surface area contributed by atoms with Crippen molar-refractivity contribution >= 4 is 35.3 Å². The molecule has 4 unspecified atom stereocenters. The Balaban J connectivity index is 2.83. The quantitative estimate of drug-likeness (QED) is 0.530. The van der Waals surface area contributed by atoms with Crippen molar-refractivity contribution in [1.82, 2.24) is 10.0 Å². The molecule has 0 aromatic rings. The third kappa shape index (κ3) is 2.59. The molecule has 9 heteroatoms. The van der Waals surface area contributed by atoms with E-state index in [1.54, 1.807) is 47.6 Å². The van der Waals surface area contributed by atoms with E-state index >= 15 is 0 Å². The summed E-state index contributed by atoms with van der Waals surface area (Å²) in [7, 11) is 3.53. The van der Waals surface area contributed by atoms with Crippen LogP contribution in [0.4, 0.5) is 0 Å². The maximum atomic E-state index is 12.4. The second-order valence-corrected chi connectivity index (χ2v) is 10.3. The second kappa shape index (κ2) is 7.54. The number of nitrogens with zero attached hydrogens (tertiary/aromatic N) is 5. The van der Waals surface area contributed by atoms with E-state index in [0.717, 1.165) is 11.5 Å². The number of carbonyl (C=O) groups excluding carboxylic acids is 1. The monoisotopic (exact) mass is 408 g/mol. The molecule has 0 aromatic carbocycles. The van der Waals surface area contributed by atoms with E-state index in [0.29, 0.717) is 6.42 Å². The molecular weight excluding hydrogens is 380 g/mol. The topological polar surface area (TPSA) is 110 Å². The summed E-state index contributed by atoms with van der Waals surface area (Å²) in [5.41, 5.74) is 3.98. The van der Waals surface area contributed by atoms with Crippen LogP contribution in [0.2, 0.25) is 0 Å². The lowest BCUT2D eigenvalue weighted by Gasteiger charge is -2.46. The molecular formula is C18H28N6OS2. The van der Waals surface area contributed by atoms with Crippen molar-refractivity contribution in [3.05, 3.63) is 0 Å². The predicted molar refractivity (Wildman–Crippen MR) is 110 cm³/mol. The lowest BCUT2D eigenvalue weighted by Crippen LogP contribution is -2.61. The van der Waals surface area contributed by atoms with Gasteiger partial charge in [-0.25, -0.2) is 10.0 Å². The van der Waals surface area contributed by atoms with E-state index in [-0.39, 0.29) is 17.7 Å². The summed E-state index contributed by atoms with van der Waals surface area (Å²) < 4.78 is -0.853. The zero-order valence-corrected chi connectivity index (χ0v) is 18.4. The summed E-state index contributed by atoms with van der Waals surface area (Å²) in [6.45, 7) is 7.49. The molecule has 1 saturated carbocycles. The molecule has 0 radical (unpaired) electrons. The van der Waals surface area contributed by atoms with Crippen LogP contribution in [0.3, 0.4) is 0 Å². The van der Waals surface area contributed by atoms with Crippen molar-refractivity contribution < 1.29 is 4.79 Å². The molecule has 1 aliphatic heterocycles. The summed E-state index contributed by atoms with van der Waals surface area (Å²) in [5.74, 6) is 1.33. The van der Waals surface area contributed by atoms with Crippen LogP contribution in [0.25, 0.3) is 0 Å². The Morgan fingerprint density at radius 1 is 1.30 bits per heavy atom. The van der Waals surface area contributed by atoms with Gasteiger partial charge in [-0.2, -0.15) is 10.5 Å². The molecule has 1 amide bonds. The lowest BCUT2D eigenvalue weighted by atomic mass is 9.63. The number of nitriles is 2. The first kappa shape index (κ1) is 21.9. The Morgan fingerprint density at radius 2 is 1.85 bits per heavy atom. The average molecular weight is 409 g/mol. The van der Waals surface area contributed by atoms with Crippen LogP contribution < -0.4 is 5.73 Å². The molecule has 148 valence electrons. The third-order valence-electron chi connectivity index (χ3n) is 5.69. The highest BCUT2D eigenvalue weighted by atomic mass is 32.2. The maximum Gasteiger partial charge on any atom is 0.234 e. The first-order valence-corrected chi connectivity index (χ1v) is 11.1. The van der Waals surface area contributed by atoms with Crippen LogP contribution >= 0.6 is 23.5 Å². The number of amides is 1. The van der Waals surface area contributed by atoms with E-state index in [4.69, 9.17) is 10.7 Å². The number of carbonyl (C=O) groups is 1. The number of fused-ring (bicyclic) bond motifs is 1. The van der Waals surface area contributed by atoms with Crippen molar-refractivity contribution in [3.63, 3.8) is 0 Å². The van der Waals surface area contributed by atoms with Crippen LogP contribution in [-0.4, -0.2) is 57.6 Å². The largest absolute Gasteiger partial charge is 0.386 e. The van der Waals surface area contributed by atoms with Gasteiger partial charge in [0.05, 0.1) is 18.2 Å². The minimum atomic E-state index is -1.35. The fraction of sp³-hybridized carbons (Fsp3) is 0.778. The Morgan fingerprint density at radius 3 is 2.22 bits per heavy atom. The number of rotatable bonds is 6. The first-order valence-electron chi connectivity index (χ1n) is 9.08. The Kier molecular flexibility index (Phi) is 6.11. The summed E-state index contributed by atoms with van der Waals surface area (Å²) >= 11 is 3.14. The highest BCUT2D eigenvalue weighted by Crippen LogP contribution is 2.72. The first-order chi connectivity index (χ1) is 12.7. The van der Waals surface area contributed by atoms with Gasteiger partial charge in [-0.3, -0.25) is 9.80 Å². The van der Waals surface area contributed by atoms with Crippen LogP contribution in [0, 0.1) is 39.4 Å². The van der Waals surface area contributed by atoms with Crippen LogP contribution in [-0.2, 0) is 4.79 Å². The van der Waals surface area contributed by atoms with Gasteiger partial charge in [-0.05, 0) is 23.8 Å². The lowest BCUT2D eigenvalue weighted by molar-refractivity contribution is -0.150. The molecule has 1 fully saturated rings. The maximum absolute atomic E-state index is 12.4. The van der Waals surface area contributed by atoms with Gasteiger partial charge < -0.3 is 5.73 Å². The van der Waals surface area contributed by atoms with Crippen molar-refractivity contribution in [2.75, 3.05) is 25.6 Å². The van der Waals surface area contributed by atoms with Gasteiger partial charge in [0.1, 0.15) is 11.3 Å². The Labute approximate surface area is 170 Å². The third-order valence-corrected chi connectivity index (χ3v) is 8.58. The molecule has 1 aliphatic carbocycles. The minimum Gasteiger partial charge on any atom is -0.386 e. The van der Waals surface area contributed by atoms with Crippen molar-refractivity contribution in [3.8, 4) is 12.1 Å². The summed E-state index contributed by atoms with van der Waals surface area (Å²) in [4.78, 5) is 17.2. The predicted octanol–water partition coefficient (Wildman–Crippen LogP) is 2.27. The fourth-order valence-corrected chi connectivity index (χ4v) is 8.31. The van der Waals surface area contributed by atoms with Gasteiger partial charge in [0.15, 0.2) is 9.62 Å². The zero-order chi connectivity index (χ0) is 20.6. The van der Waals surface area contributed by atoms with Crippen molar-refractivity contribution in [2.45, 2.75) is 44.4 Å². The van der Waals surface area contributed by atoms with E-state index < -0.39 is 21.1 Å². The van der Waals surface area contributed by atoms with Crippen LogP contribution in [0.5, 0.6) is 0 Å². The van der Waals surface area contributed by atoms with Crippen molar-refractivity contribution in [2.24, 2.45) is 27.5 Å². The highest BCUT2D eigenvalue weighted by molar-refractivity contribution is 8.18. The number of thioether (sulfide) groups is 2. The molecule has 4 atom stereocenters. The van der Waals surface area contributed by atoms with E-state index in [1.807, 2.05) is 20.8 Å². The average Bonchev–Trinajstić information content (AvgIpc) is 2.95. The number of hydrogen-bond donors (Lipinski definition) is 1. The fourth-order valence-electron chi connectivity index (χ4n) is 4.89. The van der Waals surface area contributed by atoms with Gasteiger partial charge in [0.2, 0.25) is 5.91 Å². The number of aliphatic imine (C=N–C) groups is 1. The molecule has 0 spiro atoms. The number of amidine groups is 1. The van der Waals surface area contributed by atoms with E-state index in [1.165, 1.54) is 6.92 Å². The van der Waals surface area contributed by atoms with Crippen LogP contribution in [0.1, 0.15) is 34.1 Å². The molecule has 0 bridgehead atoms. The highest BCUT2D eigenvalue weighted by Gasteiger charge is 2.80. The molecule has 27 heavy (non-hydrogen) atoms. The molecule has 2 N–H and O–H groups in total. The van der Waals surface area contributed by atoms with Gasteiger partial charge in [-0.1, -0.05) is 20.8 Å². The Hall–Kier alpha value is -1.42. The van der Waals surface area contributed by atoms with Crippen molar-refractivity contribution in [1.29, 1.82) is 10.5 Å². The summed E-state index contributed by atoms with van der Waals surface area (Å²) in [5, 5.41) is 24.2. The number of hydrazine groups is 1. The number of hydrogen-bond acceptors (Lipinski definition) is 8. The van der Waals surface area contributed by atoms with Gasteiger partial charge in [-0.15, -0.1) is 23.5 Å². The van der Waals surface area contributed by atoms with E-state index in [9.17, 15) is 15.3 Å². The number of nitrogens with two attached hydrogens (primary N) is 1. The smallest absolute Gasteiger partial charge is 0.234 e. The van der Waals surface area contributed by atoms with E-state index in [2.05, 4.69) is 12.1 Å². The standard InChI is InChI=1S/C18H28N6OS2/c1-7-26-18(27-8-2)17(11-20)12(3)9-14(24(13(4)25)23(5)6)16(17,10-19)15(21)22-18/h12,14H,7-9H2,1-6H3,(H2,21,22). The summed E-state index contributed by atoms with van der Waals surface area (Å²) in [6, 6.07) is 4.38. The zero-order valence-electron chi connectivity index (χ0n) is 16.8. The molecule has 2 aliphatic rings. The molecule has 2 rings (SSSR count). The normalized spacial score (nSPS) is 33.9. The van der Waals surface area contributed by atoms with Gasteiger partial charge in [0, 0.05) is 21.0 Å². The summed E-state index contributed by atoms with van der Waals surface area (Å²) in [6.07, 6.45) is 0.519. The SMILES string of the molecule is CCSC1(SCC)N=C(N)C2(C#N)C(N(C(C)=O)N(C)C)CC(C)C12C#N.